The van der Waals surface area contributed by atoms with Gasteiger partial charge >= 0.3 is 0 Å². The summed E-state index contributed by atoms with van der Waals surface area (Å²) in [5.74, 6) is 0. The number of rotatable bonds is 3. The SMILES string of the molecule is Nc1ccncc1S(=O)(=O)Nc1ccncc1Br. The number of hydrogen-bond donors (Lipinski definition) is 2. The first-order valence-corrected chi connectivity index (χ1v) is 7.10. The van der Waals surface area contributed by atoms with Gasteiger partial charge in [-0.1, -0.05) is 0 Å². The first-order chi connectivity index (χ1) is 8.50. The highest BCUT2D eigenvalue weighted by molar-refractivity contribution is 9.10. The number of nitrogens with two attached hydrogens (primary N) is 1. The Morgan fingerprint density at radius 1 is 1.17 bits per heavy atom. The molecular weight excluding hydrogens is 320 g/mol. The van der Waals surface area contributed by atoms with Crippen molar-refractivity contribution in [3.05, 3.63) is 41.4 Å². The standard InChI is InChI=1S/C10H9BrN4O2S/c11-7-5-13-4-2-9(7)15-18(16,17)10-6-14-3-1-8(10)12/h1-6H,(H2,12,14)(H,13,15). The Hall–Kier alpha value is -1.67. The van der Waals surface area contributed by atoms with Gasteiger partial charge in [0.1, 0.15) is 4.90 Å². The van der Waals surface area contributed by atoms with E-state index in [0.29, 0.717) is 10.2 Å². The number of nitrogen functional groups attached to an aromatic ring is 1. The minimum absolute atomic E-state index is 0.0614. The zero-order valence-corrected chi connectivity index (χ0v) is 11.4. The summed E-state index contributed by atoms with van der Waals surface area (Å²) in [5.41, 5.74) is 6.14. The van der Waals surface area contributed by atoms with Gasteiger partial charge in [-0.3, -0.25) is 14.7 Å². The van der Waals surface area contributed by atoms with E-state index in [9.17, 15) is 8.42 Å². The van der Waals surface area contributed by atoms with Crippen LogP contribution in [0.25, 0.3) is 0 Å². The summed E-state index contributed by atoms with van der Waals surface area (Å²) in [7, 11) is -3.76. The summed E-state index contributed by atoms with van der Waals surface area (Å²) < 4.78 is 27.2. The van der Waals surface area contributed by atoms with Crippen LogP contribution in [0.2, 0.25) is 0 Å². The fraction of sp³-hybridized carbons (Fsp3) is 0. The molecule has 0 amide bonds. The van der Waals surface area contributed by atoms with Crippen LogP contribution in [0, 0.1) is 0 Å². The molecule has 2 aromatic heterocycles. The van der Waals surface area contributed by atoms with Crippen molar-refractivity contribution in [2.45, 2.75) is 4.90 Å². The summed E-state index contributed by atoms with van der Waals surface area (Å²) in [5, 5.41) is 0. The number of anilines is 2. The Kier molecular flexibility index (Phi) is 3.48. The Morgan fingerprint density at radius 2 is 1.83 bits per heavy atom. The van der Waals surface area contributed by atoms with Crippen molar-refractivity contribution >= 4 is 37.3 Å². The number of sulfonamides is 1. The summed E-state index contributed by atoms with van der Waals surface area (Å²) >= 11 is 3.20. The van der Waals surface area contributed by atoms with Crippen molar-refractivity contribution in [1.29, 1.82) is 0 Å². The van der Waals surface area contributed by atoms with Crippen LogP contribution in [0.1, 0.15) is 0 Å². The van der Waals surface area contributed by atoms with Crippen LogP contribution in [0.15, 0.2) is 46.3 Å². The maximum Gasteiger partial charge on any atom is 0.265 e. The van der Waals surface area contributed by atoms with E-state index in [1.165, 1.54) is 36.9 Å². The molecule has 0 aliphatic rings. The van der Waals surface area contributed by atoms with E-state index in [0.717, 1.165) is 0 Å². The van der Waals surface area contributed by atoms with Crippen molar-refractivity contribution in [2.24, 2.45) is 0 Å². The maximum atomic E-state index is 12.1. The highest BCUT2D eigenvalue weighted by Crippen LogP contribution is 2.25. The predicted molar refractivity (Wildman–Crippen MR) is 71.4 cm³/mol. The molecule has 6 nitrogen and oxygen atoms in total. The van der Waals surface area contributed by atoms with E-state index in [4.69, 9.17) is 5.73 Å². The van der Waals surface area contributed by atoms with Crippen molar-refractivity contribution < 1.29 is 8.42 Å². The fourth-order valence-electron chi connectivity index (χ4n) is 1.27. The van der Waals surface area contributed by atoms with E-state index in [1.807, 2.05) is 0 Å². The average molecular weight is 329 g/mol. The molecule has 0 saturated heterocycles. The smallest absolute Gasteiger partial charge is 0.265 e. The lowest BCUT2D eigenvalue weighted by Gasteiger charge is -2.10. The number of nitrogens with one attached hydrogen (secondary N) is 1. The normalized spacial score (nSPS) is 11.2. The molecule has 0 atom stereocenters. The van der Waals surface area contributed by atoms with E-state index in [2.05, 4.69) is 30.6 Å². The average Bonchev–Trinajstić information content (AvgIpc) is 2.32. The molecule has 2 heterocycles. The molecule has 0 aliphatic carbocycles. The summed E-state index contributed by atoms with van der Waals surface area (Å²) in [6.45, 7) is 0. The second-order valence-electron chi connectivity index (χ2n) is 3.37. The lowest BCUT2D eigenvalue weighted by molar-refractivity contribution is 0.601. The molecule has 18 heavy (non-hydrogen) atoms. The predicted octanol–water partition coefficient (Wildman–Crippen LogP) is 1.62. The molecule has 2 aromatic rings. The Balaban J connectivity index is 2.40. The van der Waals surface area contributed by atoms with Crippen LogP contribution in [-0.4, -0.2) is 18.4 Å². The molecule has 0 fully saturated rings. The molecule has 0 bridgehead atoms. The summed E-state index contributed by atoms with van der Waals surface area (Å²) in [6, 6.07) is 2.96. The number of halogens is 1. The highest BCUT2D eigenvalue weighted by atomic mass is 79.9. The van der Waals surface area contributed by atoms with Crippen molar-refractivity contribution in [3.8, 4) is 0 Å². The Morgan fingerprint density at radius 3 is 2.50 bits per heavy atom. The van der Waals surface area contributed by atoms with E-state index < -0.39 is 10.0 Å². The van der Waals surface area contributed by atoms with E-state index >= 15 is 0 Å². The second kappa shape index (κ2) is 4.91. The van der Waals surface area contributed by atoms with Gasteiger partial charge < -0.3 is 5.73 Å². The number of hydrogen-bond acceptors (Lipinski definition) is 5. The van der Waals surface area contributed by atoms with Crippen LogP contribution < -0.4 is 10.5 Å². The quantitative estimate of drug-likeness (QED) is 0.892. The second-order valence-corrected chi connectivity index (χ2v) is 5.88. The number of aromatic nitrogens is 2. The Labute approximate surface area is 112 Å². The van der Waals surface area contributed by atoms with Crippen molar-refractivity contribution in [3.63, 3.8) is 0 Å². The summed E-state index contributed by atoms with van der Waals surface area (Å²) in [6.07, 6.45) is 5.60. The lowest BCUT2D eigenvalue weighted by atomic mass is 10.4. The van der Waals surface area contributed by atoms with E-state index in [1.54, 1.807) is 0 Å². The van der Waals surface area contributed by atoms with Gasteiger partial charge in [-0.05, 0) is 28.1 Å². The Bertz CT molecular complexity index is 675. The van der Waals surface area contributed by atoms with Gasteiger partial charge in [-0.15, -0.1) is 0 Å². The monoisotopic (exact) mass is 328 g/mol. The van der Waals surface area contributed by atoms with Crippen molar-refractivity contribution in [2.75, 3.05) is 10.5 Å². The first kappa shape index (κ1) is 12.8. The van der Waals surface area contributed by atoms with Crippen LogP contribution in [-0.2, 0) is 10.0 Å². The third-order valence-corrected chi connectivity index (χ3v) is 4.16. The summed E-state index contributed by atoms with van der Waals surface area (Å²) in [4.78, 5) is 7.54. The third kappa shape index (κ3) is 2.59. The molecule has 0 unspecified atom stereocenters. The molecule has 94 valence electrons. The third-order valence-electron chi connectivity index (χ3n) is 2.12. The van der Waals surface area contributed by atoms with Gasteiger partial charge in [0.2, 0.25) is 0 Å². The first-order valence-electron chi connectivity index (χ1n) is 4.82. The zero-order valence-electron chi connectivity index (χ0n) is 9.04. The molecule has 0 radical (unpaired) electrons. The molecule has 3 N–H and O–H groups in total. The molecule has 0 aliphatic heterocycles. The van der Waals surface area contributed by atoms with Crippen LogP contribution in [0.3, 0.4) is 0 Å². The molecule has 8 heteroatoms. The largest absolute Gasteiger partial charge is 0.398 e. The van der Waals surface area contributed by atoms with Gasteiger partial charge in [-0.25, -0.2) is 8.42 Å². The van der Waals surface area contributed by atoms with Gasteiger partial charge in [-0.2, -0.15) is 0 Å². The topological polar surface area (TPSA) is 98.0 Å². The molecular formula is C10H9BrN4O2S. The molecule has 0 aromatic carbocycles. The highest BCUT2D eigenvalue weighted by Gasteiger charge is 2.18. The molecule has 0 saturated carbocycles. The molecule has 0 spiro atoms. The number of nitrogens with zero attached hydrogens (tertiary/aromatic N) is 2. The van der Waals surface area contributed by atoms with Crippen LogP contribution in [0.5, 0.6) is 0 Å². The van der Waals surface area contributed by atoms with Crippen molar-refractivity contribution in [1.82, 2.24) is 9.97 Å². The molecule has 2 rings (SSSR count). The van der Waals surface area contributed by atoms with E-state index in [-0.39, 0.29) is 10.6 Å². The van der Waals surface area contributed by atoms with Gasteiger partial charge in [0.25, 0.3) is 10.0 Å². The van der Waals surface area contributed by atoms with Gasteiger partial charge in [0.05, 0.1) is 15.8 Å². The van der Waals surface area contributed by atoms with Crippen LogP contribution in [0.4, 0.5) is 11.4 Å². The lowest BCUT2D eigenvalue weighted by Crippen LogP contribution is -2.15. The van der Waals surface area contributed by atoms with Gasteiger partial charge in [0.15, 0.2) is 0 Å². The number of pyridine rings is 2. The van der Waals surface area contributed by atoms with Crippen LogP contribution >= 0.6 is 15.9 Å². The fourth-order valence-corrected chi connectivity index (χ4v) is 2.91. The minimum Gasteiger partial charge on any atom is -0.398 e. The van der Waals surface area contributed by atoms with Gasteiger partial charge in [0, 0.05) is 24.8 Å². The zero-order chi connectivity index (χ0) is 13.2. The minimum atomic E-state index is -3.76. The maximum absolute atomic E-state index is 12.1.